The fourth-order valence-corrected chi connectivity index (χ4v) is 4.20. The summed E-state index contributed by atoms with van der Waals surface area (Å²) in [7, 11) is 0. The molecule has 2 saturated heterocycles. The Kier molecular flexibility index (Phi) is 7.20. The number of hydrogen-bond acceptors (Lipinski definition) is 4. The lowest BCUT2D eigenvalue weighted by Crippen LogP contribution is -2.39. The topological polar surface area (TPSA) is 61.9 Å². The largest absolute Gasteiger partial charge is 0.490 e. The van der Waals surface area contributed by atoms with Crippen LogP contribution in [0, 0.1) is 0 Å². The van der Waals surface area contributed by atoms with Crippen LogP contribution in [0.5, 0.6) is 5.75 Å². The van der Waals surface area contributed by atoms with Gasteiger partial charge in [0.05, 0.1) is 0 Å². The molecular formula is C25H31N3O3. The Morgan fingerprint density at radius 3 is 2.45 bits per heavy atom. The first-order chi connectivity index (χ1) is 15.2. The van der Waals surface area contributed by atoms with Gasteiger partial charge in [0.2, 0.25) is 5.91 Å². The zero-order valence-corrected chi connectivity index (χ0v) is 18.0. The second kappa shape index (κ2) is 10.4. The molecule has 0 bridgehead atoms. The lowest BCUT2D eigenvalue weighted by atomic mass is 10.1. The highest BCUT2D eigenvalue weighted by Gasteiger charge is 2.22. The van der Waals surface area contributed by atoms with Gasteiger partial charge in [0.1, 0.15) is 11.9 Å². The summed E-state index contributed by atoms with van der Waals surface area (Å²) in [6.07, 6.45) is 3.70. The number of benzene rings is 2. The zero-order valence-electron chi connectivity index (χ0n) is 18.0. The minimum atomic E-state index is -0.0326. The van der Waals surface area contributed by atoms with Crippen molar-refractivity contribution in [2.24, 2.45) is 0 Å². The van der Waals surface area contributed by atoms with Gasteiger partial charge in [0.25, 0.3) is 5.91 Å². The van der Waals surface area contributed by atoms with Crippen LogP contribution < -0.4 is 10.1 Å². The van der Waals surface area contributed by atoms with Crippen molar-refractivity contribution in [1.29, 1.82) is 0 Å². The maximum atomic E-state index is 12.7. The summed E-state index contributed by atoms with van der Waals surface area (Å²) >= 11 is 0. The Hall–Kier alpha value is -2.86. The van der Waals surface area contributed by atoms with Gasteiger partial charge in [0.15, 0.2) is 0 Å². The lowest BCUT2D eigenvalue weighted by molar-refractivity contribution is -0.120. The average Bonchev–Trinajstić information content (AvgIpc) is 3.04. The van der Waals surface area contributed by atoms with Gasteiger partial charge in [-0.05, 0) is 49.1 Å². The van der Waals surface area contributed by atoms with Crippen LogP contribution in [-0.2, 0) is 11.2 Å². The summed E-state index contributed by atoms with van der Waals surface area (Å²) in [5.74, 6) is 0.784. The predicted molar refractivity (Wildman–Crippen MR) is 120 cm³/mol. The van der Waals surface area contributed by atoms with E-state index < -0.39 is 0 Å². The van der Waals surface area contributed by atoms with Gasteiger partial charge in [-0.1, -0.05) is 30.3 Å². The molecule has 0 aromatic heterocycles. The molecular weight excluding hydrogens is 390 g/mol. The minimum Gasteiger partial charge on any atom is -0.490 e. The van der Waals surface area contributed by atoms with Crippen molar-refractivity contribution in [1.82, 2.24) is 15.1 Å². The quantitative estimate of drug-likeness (QED) is 0.779. The van der Waals surface area contributed by atoms with Crippen LogP contribution in [0.1, 0.15) is 35.2 Å². The third-order valence-electron chi connectivity index (χ3n) is 6.10. The van der Waals surface area contributed by atoms with Crippen LogP contribution in [0.25, 0.3) is 0 Å². The van der Waals surface area contributed by atoms with Crippen LogP contribution in [-0.4, -0.2) is 67.0 Å². The van der Waals surface area contributed by atoms with E-state index in [1.54, 1.807) is 4.90 Å². The number of likely N-dealkylation sites (tertiary alicyclic amines) is 1. The van der Waals surface area contributed by atoms with Crippen molar-refractivity contribution in [3.05, 3.63) is 65.7 Å². The molecule has 0 spiro atoms. The molecule has 2 heterocycles. The molecule has 2 aromatic carbocycles. The molecule has 1 N–H and O–H groups in total. The number of nitrogens with one attached hydrogen (secondary N) is 1. The van der Waals surface area contributed by atoms with Crippen molar-refractivity contribution in [3.63, 3.8) is 0 Å². The van der Waals surface area contributed by atoms with Crippen LogP contribution >= 0.6 is 0 Å². The van der Waals surface area contributed by atoms with Gasteiger partial charge in [-0.25, -0.2) is 0 Å². The molecule has 31 heavy (non-hydrogen) atoms. The molecule has 2 fully saturated rings. The van der Waals surface area contributed by atoms with Crippen molar-refractivity contribution >= 4 is 11.8 Å². The van der Waals surface area contributed by atoms with Gasteiger partial charge in [0, 0.05) is 51.3 Å². The molecule has 2 aliphatic heterocycles. The summed E-state index contributed by atoms with van der Waals surface area (Å²) in [4.78, 5) is 28.4. The normalized spacial score (nSPS) is 18.3. The van der Waals surface area contributed by atoms with Gasteiger partial charge in [-0.15, -0.1) is 0 Å². The van der Waals surface area contributed by atoms with Crippen molar-refractivity contribution in [2.45, 2.75) is 31.8 Å². The second-order valence-electron chi connectivity index (χ2n) is 8.31. The molecule has 6 nitrogen and oxygen atoms in total. The fraction of sp³-hybridized carbons (Fsp3) is 0.440. The Morgan fingerprint density at radius 2 is 1.71 bits per heavy atom. The number of rotatable bonds is 6. The monoisotopic (exact) mass is 421 g/mol. The summed E-state index contributed by atoms with van der Waals surface area (Å²) in [5.41, 5.74) is 2.02. The molecule has 0 saturated carbocycles. The van der Waals surface area contributed by atoms with Crippen molar-refractivity contribution in [3.8, 4) is 5.75 Å². The van der Waals surface area contributed by atoms with E-state index >= 15 is 0 Å². The van der Waals surface area contributed by atoms with Crippen LogP contribution in [0.4, 0.5) is 0 Å². The minimum absolute atomic E-state index is 0.00478. The van der Waals surface area contributed by atoms with E-state index in [2.05, 4.69) is 40.5 Å². The van der Waals surface area contributed by atoms with Crippen LogP contribution in [0.2, 0.25) is 0 Å². The second-order valence-corrected chi connectivity index (χ2v) is 8.31. The Balaban J connectivity index is 1.22. The van der Waals surface area contributed by atoms with Crippen molar-refractivity contribution < 1.29 is 14.3 Å². The first-order valence-corrected chi connectivity index (χ1v) is 11.3. The SMILES string of the molecule is O=C1CCN(C(=O)c2ccc(OC3CCN(CCc4ccccc4)CC3)cc2)CCN1. The summed E-state index contributed by atoms with van der Waals surface area (Å²) < 4.78 is 6.17. The number of ether oxygens (including phenoxy) is 1. The number of amides is 2. The molecule has 2 aromatic rings. The van der Waals surface area contributed by atoms with E-state index in [-0.39, 0.29) is 17.9 Å². The first kappa shape index (κ1) is 21.4. The third kappa shape index (κ3) is 6.07. The number of carbonyl (C=O) groups excluding carboxylic acids is 2. The molecule has 164 valence electrons. The maximum absolute atomic E-state index is 12.7. The van der Waals surface area contributed by atoms with E-state index in [1.165, 1.54) is 5.56 Å². The highest BCUT2D eigenvalue weighted by Crippen LogP contribution is 2.20. The van der Waals surface area contributed by atoms with Crippen LogP contribution in [0.3, 0.4) is 0 Å². The van der Waals surface area contributed by atoms with E-state index in [4.69, 9.17) is 4.74 Å². The number of carbonyl (C=O) groups is 2. The van der Waals surface area contributed by atoms with Crippen LogP contribution in [0.15, 0.2) is 54.6 Å². The molecule has 0 atom stereocenters. The molecule has 2 amide bonds. The Morgan fingerprint density at radius 1 is 0.968 bits per heavy atom. The molecule has 6 heteroatoms. The average molecular weight is 422 g/mol. The third-order valence-corrected chi connectivity index (χ3v) is 6.10. The van der Waals surface area contributed by atoms with Gasteiger partial charge in [-0.3, -0.25) is 9.59 Å². The first-order valence-electron chi connectivity index (χ1n) is 11.3. The summed E-state index contributed by atoms with van der Waals surface area (Å²) in [5, 5.41) is 2.80. The van der Waals surface area contributed by atoms with Gasteiger partial charge < -0.3 is 19.9 Å². The Bertz CT molecular complexity index is 861. The predicted octanol–water partition coefficient (Wildman–Crippen LogP) is 2.73. The number of hydrogen-bond donors (Lipinski definition) is 1. The van der Waals surface area contributed by atoms with Crippen molar-refractivity contribution in [2.75, 3.05) is 39.3 Å². The zero-order chi connectivity index (χ0) is 21.5. The molecule has 2 aliphatic rings. The highest BCUT2D eigenvalue weighted by atomic mass is 16.5. The standard InChI is InChI=1S/C25H31N3O3/c29-24-13-18-28(19-14-26-24)25(30)21-6-8-22(9-7-21)31-23-11-16-27(17-12-23)15-10-20-4-2-1-3-5-20/h1-9,23H,10-19H2,(H,26,29). The van der Waals surface area contributed by atoms with E-state index in [0.29, 0.717) is 31.6 Å². The smallest absolute Gasteiger partial charge is 0.253 e. The lowest BCUT2D eigenvalue weighted by Gasteiger charge is -2.32. The highest BCUT2D eigenvalue weighted by molar-refractivity contribution is 5.94. The van der Waals surface area contributed by atoms with E-state index in [9.17, 15) is 9.59 Å². The molecule has 4 rings (SSSR count). The molecule has 0 radical (unpaired) electrons. The van der Waals surface area contributed by atoms with Gasteiger partial charge >= 0.3 is 0 Å². The van der Waals surface area contributed by atoms with Gasteiger partial charge in [-0.2, -0.15) is 0 Å². The summed E-state index contributed by atoms with van der Waals surface area (Å²) in [6, 6.07) is 18.1. The maximum Gasteiger partial charge on any atom is 0.253 e. The summed E-state index contributed by atoms with van der Waals surface area (Å²) in [6.45, 7) is 4.71. The number of piperidine rings is 1. The molecule has 0 aliphatic carbocycles. The number of nitrogens with zero attached hydrogens (tertiary/aromatic N) is 2. The Labute approximate surface area is 184 Å². The fourth-order valence-electron chi connectivity index (χ4n) is 4.20. The van der Waals surface area contributed by atoms with E-state index in [1.807, 2.05) is 24.3 Å². The van der Waals surface area contributed by atoms with E-state index in [0.717, 1.165) is 44.6 Å². The molecule has 0 unspecified atom stereocenters.